The molecule has 4 rings (SSSR count). The number of H-pyrrole nitrogens is 1. The number of rotatable bonds is 8. The fourth-order valence-corrected chi connectivity index (χ4v) is 4.08. The van der Waals surface area contributed by atoms with E-state index >= 15 is 0 Å². The molecule has 4 aromatic rings. The van der Waals surface area contributed by atoms with Crippen molar-refractivity contribution in [3.05, 3.63) is 95.9 Å². The number of hydrogen-bond acceptors (Lipinski definition) is 2. The van der Waals surface area contributed by atoms with Crippen LogP contribution in [0, 0.1) is 0 Å². The van der Waals surface area contributed by atoms with Crippen molar-refractivity contribution < 1.29 is 9.59 Å². The van der Waals surface area contributed by atoms with Crippen LogP contribution in [0.25, 0.3) is 10.9 Å². The van der Waals surface area contributed by atoms with Crippen molar-refractivity contribution in [3.63, 3.8) is 0 Å². The summed E-state index contributed by atoms with van der Waals surface area (Å²) in [7, 11) is 3.70. The Kier molecular flexibility index (Phi) is 6.40. The largest absolute Gasteiger partial charge is 0.361 e. The van der Waals surface area contributed by atoms with Crippen molar-refractivity contribution in [1.29, 1.82) is 0 Å². The van der Waals surface area contributed by atoms with Gasteiger partial charge in [0.15, 0.2) is 0 Å². The number of aromatic nitrogens is 2. The van der Waals surface area contributed by atoms with Crippen LogP contribution in [0.15, 0.2) is 79.1 Å². The van der Waals surface area contributed by atoms with Crippen LogP contribution in [0.4, 0.5) is 0 Å². The number of benzene rings is 2. The lowest BCUT2D eigenvalue weighted by molar-refractivity contribution is 0.0719. The molecule has 2 aromatic carbocycles. The molecule has 0 spiro atoms. The van der Waals surface area contributed by atoms with E-state index < -0.39 is 0 Å². The number of aromatic amines is 1. The molecule has 0 radical (unpaired) electrons. The predicted octanol–water partition coefficient (Wildman–Crippen LogP) is 4.53. The van der Waals surface area contributed by atoms with E-state index in [-0.39, 0.29) is 17.9 Å². The van der Waals surface area contributed by atoms with Gasteiger partial charge in [-0.2, -0.15) is 0 Å². The molecule has 2 amide bonds. The lowest BCUT2D eigenvalue weighted by Gasteiger charge is -2.29. The maximum absolute atomic E-state index is 13.3. The van der Waals surface area contributed by atoms with Gasteiger partial charge in [0.2, 0.25) is 0 Å². The van der Waals surface area contributed by atoms with Crippen LogP contribution < -0.4 is 5.32 Å². The number of nitrogens with zero attached hydrogens (tertiary/aromatic N) is 2. The van der Waals surface area contributed by atoms with Crippen molar-refractivity contribution in [1.82, 2.24) is 19.8 Å². The second kappa shape index (κ2) is 9.56. The van der Waals surface area contributed by atoms with Crippen LogP contribution in [-0.2, 0) is 7.05 Å². The van der Waals surface area contributed by atoms with Gasteiger partial charge in [0.05, 0.1) is 6.04 Å². The van der Waals surface area contributed by atoms with Gasteiger partial charge in [0.25, 0.3) is 11.8 Å². The Hall–Kier alpha value is -3.80. The van der Waals surface area contributed by atoms with Gasteiger partial charge < -0.3 is 19.8 Å². The smallest absolute Gasteiger partial charge is 0.267 e. The van der Waals surface area contributed by atoms with Gasteiger partial charge in [0.1, 0.15) is 5.69 Å². The molecular formula is C26H28N4O2. The van der Waals surface area contributed by atoms with E-state index in [1.165, 1.54) is 0 Å². The zero-order valence-corrected chi connectivity index (χ0v) is 18.4. The normalized spacial score (nSPS) is 11.9. The summed E-state index contributed by atoms with van der Waals surface area (Å²) in [6.45, 7) is 0.546. The second-order valence-electron chi connectivity index (χ2n) is 8.02. The van der Waals surface area contributed by atoms with Crippen LogP contribution in [0.1, 0.15) is 45.3 Å². The van der Waals surface area contributed by atoms with E-state index in [1.54, 1.807) is 10.6 Å². The van der Waals surface area contributed by atoms with E-state index in [0.717, 1.165) is 29.3 Å². The number of nitrogens with one attached hydrogen (secondary N) is 2. The minimum Gasteiger partial charge on any atom is -0.361 e. The van der Waals surface area contributed by atoms with E-state index in [1.807, 2.05) is 92.1 Å². The molecule has 32 heavy (non-hydrogen) atoms. The van der Waals surface area contributed by atoms with Gasteiger partial charge in [-0.25, -0.2) is 0 Å². The molecule has 6 heteroatoms. The molecule has 0 aliphatic heterocycles. The summed E-state index contributed by atoms with van der Waals surface area (Å²) in [5, 5.41) is 4.00. The fraction of sp³-hybridized carbons (Fsp3) is 0.231. The molecule has 0 saturated carbocycles. The molecule has 164 valence electrons. The van der Waals surface area contributed by atoms with Crippen LogP contribution >= 0.6 is 0 Å². The molecule has 0 aliphatic rings. The molecule has 2 N–H and O–H groups in total. The summed E-state index contributed by atoms with van der Waals surface area (Å²) in [5.41, 5.74) is 3.40. The Morgan fingerprint density at radius 3 is 2.62 bits per heavy atom. The number of fused-ring (bicyclic) bond motifs is 1. The fourth-order valence-electron chi connectivity index (χ4n) is 4.08. The zero-order valence-electron chi connectivity index (χ0n) is 18.4. The van der Waals surface area contributed by atoms with Gasteiger partial charge in [-0.3, -0.25) is 9.59 Å². The monoisotopic (exact) mass is 428 g/mol. The third kappa shape index (κ3) is 4.59. The van der Waals surface area contributed by atoms with Crippen molar-refractivity contribution in [3.8, 4) is 0 Å². The number of aryl methyl sites for hydroxylation is 1. The molecule has 1 atom stereocenters. The number of amides is 2. The average molecular weight is 429 g/mol. The molecular weight excluding hydrogens is 400 g/mol. The maximum atomic E-state index is 13.3. The molecule has 2 heterocycles. The summed E-state index contributed by atoms with van der Waals surface area (Å²) in [6.07, 6.45) is 5.22. The number of hydrogen-bond donors (Lipinski definition) is 2. The predicted molar refractivity (Wildman–Crippen MR) is 127 cm³/mol. The van der Waals surface area contributed by atoms with Crippen LogP contribution in [0.3, 0.4) is 0 Å². The summed E-state index contributed by atoms with van der Waals surface area (Å²) in [6, 6.07) is 21.3. The first-order valence-electron chi connectivity index (χ1n) is 10.8. The van der Waals surface area contributed by atoms with Crippen LogP contribution in [0.5, 0.6) is 0 Å². The molecule has 0 unspecified atom stereocenters. The Morgan fingerprint density at radius 1 is 1.06 bits per heavy atom. The molecule has 6 nitrogen and oxygen atoms in total. The van der Waals surface area contributed by atoms with E-state index in [0.29, 0.717) is 17.8 Å². The van der Waals surface area contributed by atoms with Gasteiger partial charge in [-0.1, -0.05) is 30.3 Å². The SMILES string of the molecule is CN(C(=O)c1ccc2[nH]ccc2c1)[C@@H](CCCNC(=O)c1cccn1C)c1ccccc1. The van der Waals surface area contributed by atoms with Crippen molar-refractivity contribution in [2.24, 2.45) is 7.05 Å². The lowest BCUT2D eigenvalue weighted by atomic mass is 9.99. The Labute approximate surface area is 187 Å². The summed E-state index contributed by atoms with van der Waals surface area (Å²) >= 11 is 0. The Morgan fingerprint density at radius 2 is 1.88 bits per heavy atom. The quantitative estimate of drug-likeness (QED) is 0.405. The first-order valence-corrected chi connectivity index (χ1v) is 10.8. The maximum Gasteiger partial charge on any atom is 0.267 e. The van der Waals surface area contributed by atoms with Gasteiger partial charge in [0, 0.05) is 49.5 Å². The third-order valence-corrected chi connectivity index (χ3v) is 5.89. The molecule has 2 aromatic heterocycles. The van der Waals surface area contributed by atoms with E-state index in [4.69, 9.17) is 0 Å². The summed E-state index contributed by atoms with van der Waals surface area (Å²) in [5.74, 6) is -0.104. The second-order valence-corrected chi connectivity index (χ2v) is 8.02. The first kappa shape index (κ1) is 21.4. The van der Waals surface area contributed by atoms with Gasteiger partial charge in [-0.15, -0.1) is 0 Å². The van der Waals surface area contributed by atoms with Gasteiger partial charge in [-0.05, 0) is 54.8 Å². The highest BCUT2D eigenvalue weighted by molar-refractivity contribution is 5.98. The highest BCUT2D eigenvalue weighted by Gasteiger charge is 2.23. The zero-order chi connectivity index (χ0) is 22.5. The van der Waals surface area contributed by atoms with E-state index in [9.17, 15) is 9.59 Å². The van der Waals surface area contributed by atoms with Crippen molar-refractivity contribution in [2.75, 3.05) is 13.6 Å². The van der Waals surface area contributed by atoms with Crippen LogP contribution in [0.2, 0.25) is 0 Å². The molecule has 0 bridgehead atoms. The third-order valence-electron chi connectivity index (χ3n) is 5.89. The first-order chi connectivity index (χ1) is 15.5. The Bertz CT molecular complexity index is 1210. The Balaban J connectivity index is 1.44. The highest BCUT2D eigenvalue weighted by atomic mass is 16.2. The number of carbonyl (C=O) groups is 2. The minimum absolute atomic E-state index is 0.0187. The average Bonchev–Trinajstić information content (AvgIpc) is 3.46. The molecule has 0 aliphatic carbocycles. The summed E-state index contributed by atoms with van der Waals surface area (Å²) in [4.78, 5) is 30.6. The topological polar surface area (TPSA) is 70.1 Å². The van der Waals surface area contributed by atoms with Crippen LogP contribution in [-0.4, -0.2) is 39.9 Å². The van der Waals surface area contributed by atoms with Crippen molar-refractivity contribution >= 4 is 22.7 Å². The summed E-state index contributed by atoms with van der Waals surface area (Å²) < 4.78 is 1.80. The minimum atomic E-state index is -0.0856. The molecule has 0 saturated heterocycles. The lowest BCUT2D eigenvalue weighted by Crippen LogP contribution is -2.32. The standard InChI is InChI=1S/C26H28N4O2/c1-29-17-7-11-24(29)25(31)28-15-6-10-23(19-8-4-3-5-9-19)30(2)26(32)21-12-13-22-20(18-21)14-16-27-22/h3-5,7-9,11-14,16-18,23,27H,6,10,15H2,1-2H3,(H,28,31)/t23-/m0/s1. The molecule has 0 fully saturated rings. The highest BCUT2D eigenvalue weighted by Crippen LogP contribution is 2.26. The van der Waals surface area contributed by atoms with Crippen molar-refractivity contribution in [2.45, 2.75) is 18.9 Å². The van der Waals surface area contributed by atoms with Gasteiger partial charge >= 0.3 is 0 Å². The number of carbonyl (C=O) groups excluding carboxylic acids is 2. The van der Waals surface area contributed by atoms with E-state index in [2.05, 4.69) is 10.3 Å².